The molecule has 1 aliphatic rings. The summed E-state index contributed by atoms with van der Waals surface area (Å²) in [6.45, 7) is 9.44. The predicted molar refractivity (Wildman–Crippen MR) is 86.8 cm³/mol. The molecule has 3 nitrogen and oxygen atoms in total. The molecule has 0 spiro atoms. The van der Waals surface area contributed by atoms with E-state index in [9.17, 15) is 5.11 Å². The molecule has 3 N–H and O–H groups in total. The Morgan fingerprint density at radius 3 is 2.38 bits per heavy atom. The largest absolute Gasteiger partial charge is 0.388 e. The van der Waals surface area contributed by atoms with Crippen LogP contribution in [0.4, 0.5) is 0 Å². The molecule has 2 rings (SSSR count). The van der Waals surface area contributed by atoms with Crippen molar-refractivity contribution in [2.24, 2.45) is 22.5 Å². The molecule has 1 heterocycles. The van der Waals surface area contributed by atoms with Crippen molar-refractivity contribution < 1.29 is 5.11 Å². The van der Waals surface area contributed by atoms with Crippen LogP contribution in [-0.4, -0.2) is 16.6 Å². The van der Waals surface area contributed by atoms with Crippen molar-refractivity contribution >= 4 is 0 Å². The van der Waals surface area contributed by atoms with Crippen LogP contribution in [-0.2, 0) is 0 Å². The highest BCUT2D eigenvalue weighted by Gasteiger charge is 2.43. The summed E-state index contributed by atoms with van der Waals surface area (Å²) in [6.07, 6.45) is 5.60. The zero-order valence-electron chi connectivity index (χ0n) is 13.9. The van der Waals surface area contributed by atoms with E-state index in [1.807, 2.05) is 19.1 Å². The van der Waals surface area contributed by atoms with Crippen molar-refractivity contribution in [3.63, 3.8) is 0 Å². The van der Waals surface area contributed by atoms with E-state index in [2.05, 4.69) is 25.8 Å². The van der Waals surface area contributed by atoms with E-state index in [4.69, 9.17) is 5.73 Å². The van der Waals surface area contributed by atoms with Gasteiger partial charge in [0, 0.05) is 23.9 Å². The van der Waals surface area contributed by atoms with E-state index in [-0.39, 0.29) is 5.41 Å². The Balaban J connectivity index is 2.14. The highest BCUT2D eigenvalue weighted by atomic mass is 16.3. The minimum absolute atomic E-state index is 0.182. The van der Waals surface area contributed by atoms with E-state index in [1.165, 1.54) is 0 Å². The lowest BCUT2D eigenvalue weighted by Gasteiger charge is -2.46. The summed E-state index contributed by atoms with van der Waals surface area (Å²) < 4.78 is 0. The van der Waals surface area contributed by atoms with Crippen LogP contribution in [0.15, 0.2) is 18.3 Å². The number of aromatic nitrogens is 1. The summed E-state index contributed by atoms with van der Waals surface area (Å²) in [5.74, 6) is 0.723. The number of nitrogens with two attached hydrogens (primary N) is 1. The third kappa shape index (κ3) is 3.46. The first-order chi connectivity index (χ1) is 9.78. The lowest BCUT2D eigenvalue weighted by molar-refractivity contribution is -0.0235. The molecule has 0 aliphatic heterocycles. The van der Waals surface area contributed by atoms with Gasteiger partial charge in [0.1, 0.15) is 0 Å². The smallest absolute Gasteiger partial charge is 0.0873 e. The summed E-state index contributed by atoms with van der Waals surface area (Å²) >= 11 is 0. The molecule has 0 bridgehead atoms. The molecule has 0 aromatic carbocycles. The summed E-state index contributed by atoms with van der Waals surface area (Å²) in [5, 5.41) is 10.9. The first kappa shape index (κ1) is 16.4. The number of hydrogen-bond acceptors (Lipinski definition) is 3. The molecule has 1 fully saturated rings. The van der Waals surface area contributed by atoms with E-state index >= 15 is 0 Å². The first-order valence-corrected chi connectivity index (χ1v) is 8.09. The van der Waals surface area contributed by atoms with E-state index < -0.39 is 6.10 Å². The van der Waals surface area contributed by atoms with Gasteiger partial charge in [0.05, 0.1) is 6.10 Å². The number of rotatable bonds is 3. The monoisotopic (exact) mass is 290 g/mol. The van der Waals surface area contributed by atoms with Crippen LogP contribution in [0.2, 0.25) is 0 Å². The van der Waals surface area contributed by atoms with Gasteiger partial charge in [0.2, 0.25) is 0 Å². The molecule has 3 heteroatoms. The van der Waals surface area contributed by atoms with Gasteiger partial charge in [-0.2, -0.15) is 0 Å². The predicted octanol–water partition coefficient (Wildman–Crippen LogP) is 3.60. The summed E-state index contributed by atoms with van der Waals surface area (Å²) in [6, 6.07) is 3.95. The van der Waals surface area contributed by atoms with Crippen molar-refractivity contribution in [3.05, 3.63) is 29.6 Å². The fourth-order valence-electron chi connectivity index (χ4n) is 3.64. The van der Waals surface area contributed by atoms with Gasteiger partial charge in [0.15, 0.2) is 0 Å². The maximum absolute atomic E-state index is 10.9. The van der Waals surface area contributed by atoms with Gasteiger partial charge in [0.25, 0.3) is 0 Å². The molecule has 1 saturated carbocycles. The number of hydrogen-bond donors (Lipinski definition) is 2. The Morgan fingerprint density at radius 2 is 1.95 bits per heavy atom. The Labute approximate surface area is 129 Å². The third-order valence-corrected chi connectivity index (χ3v) is 5.44. The van der Waals surface area contributed by atoms with Gasteiger partial charge in [-0.3, -0.25) is 4.98 Å². The molecule has 1 aliphatic carbocycles. The van der Waals surface area contributed by atoms with Gasteiger partial charge in [-0.25, -0.2) is 0 Å². The lowest BCUT2D eigenvalue weighted by atomic mass is 9.61. The number of aliphatic hydroxyl groups excluding tert-OH is 1. The van der Waals surface area contributed by atoms with Crippen LogP contribution < -0.4 is 5.73 Å². The topological polar surface area (TPSA) is 59.1 Å². The Morgan fingerprint density at radius 1 is 1.33 bits per heavy atom. The fourth-order valence-corrected chi connectivity index (χ4v) is 3.64. The molecule has 0 amide bonds. The van der Waals surface area contributed by atoms with Crippen LogP contribution >= 0.6 is 0 Å². The molecule has 0 radical (unpaired) electrons. The van der Waals surface area contributed by atoms with Crippen molar-refractivity contribution in [1.82, 2.24) is 4.98 Å². The lowest BCUT2D eigenvalue weighted by Crippen LogP contribution is -2.42. The molecular weight excluding hydrogens is 260 g/mol. The minimum atomic E-state index is -0.503. The van der Waals surface area contributed by atoms with Crippen molar-refractivity contribution in [2.45, 2.75) is 59.5 Å². The number of aliphatic hydroxyl groups is 1. The van der Waals surface area contributed by atoms with Crippen LogP contribution in [0, 0.1) is 23.7 Å². The van der Waals surface area contributed by atoms with Crippen LogP contribution in [0.25, 0.3) is 0 Å². The number of aryl methyl sites for hydroxylation is 1. The van der Waals surface area contributed by atoms with Gasteiger partial charge in [-0.1, -0.05) is 26.8 Å². The second-order valence-corrected chi connectivity index (χ2v) is 7.84. The Bertz CT molecular complexity index is 453. The van der Waals surface area contributed by atoms with E-state index in [0.29, 0.717) is 12.0 Å². The molecule has 21 heavy (non-hydrogen) atoms. The van der Waals surface area contributed by atoms with Gasteiger partial charge in [-0.05, 0) is 55.6 Å². The zero-order chi connectivity index (χ0) is 15.7. The maximum Gasteiger partial charge on any atom is 0.0873 e. The third-order valence-electron chi connectivity index (χ3n) is 5.44. The quantitative estimate of drug-likeness (QED) is 0.894. The fraction of sp³-hybridized carbons (Fsp3) is 0.722. The summed E-state index contributed by atoms with van der Waals surface area (Å²) in [7, 11) is 0. The second-order valence-electron chi connectivity index (χ2n) is 7.84. The Hall–Kier alpha value is -0.930. The molecule has 1 aromatic rings. The van der Waals surface area contributed by atoms with Crippen molar-refractivity contribution in [2.75, 3.05) is 6.54 Å². The number of nitrogens with zero attached hydrogens (tertiary/aromatic N) is 1. The summed E-state index contributed by atoms with van der Waals surface area (Å²) in [4.78, 5) is 4.31. The molecule has 1 unspecified atom stereocenters. The highest BCUT2D eigenvalue weighted by Crippen LogP contribution is 2.50. The van der Waals surface area contributed by atoms with E-state index in [0.717, 1.165) is 42.9 Å². The molecule has 0 saturated heterocycles. The normalized spacial score (nSPS) is 28.4. The zero-order valence-corrected chi connectivity index (χ0v) is 13.9. The van der Waals surface area contributed by atoms with Crippen LogP contribution in [0.5, 0.6) is 0 Å². The maximum atomic E-state index is 10.9. The van der Waals surface area contributed by atoms with Crippen molar-refractivity contribution in [1.29, 1.82) is 0 Å². The molecule has 1 aromatic heterocycles. The van der Waals surface area contributed by atoms with Crippen molar-refractivity contribution in [3.8, 4) is 0 Å². The average Bonchev–Trinajstić information content (AvgIpc) is 2.46. The van der Waals surface area contributed by atoms with Gasteiger partial charge in [-0.15, -0.1) is 0 Å². The minimum Gasteiger partial charge on any atom is -0.388 e. The SMILES string of the molecule is Cc1ccc(C(O)C2(CN)CCC(C(C)(C)C)CC2)cn1. The molecular formula is C18H30N2O. The molecule has 118 valence electrons. The summed E-state index contributed by atoms with van der Waals surface area (Å²) in [5.41, 5.74) is 8.12. The van der Waals surface area contributed by atoms with Gasteiger partial charge < -0.3 is 10.8 Å². The van der Waals surface area contributed by atoms with Gasteiger partial charge >= 0.3 is 0 Å². The van der Waals surface area contributed by atoms with Crippen LogP contribution in [0.3, 0.4) is 0 Å². The average molecular weight is 290 g/mol. The highest BCUT2D eigenvalue weighted by molar-refractivity contribution is 5.19. The standard InChI is InChI=1S/C18H30N2O/c1-13-5-6-14(11-20-13)16(21)18(12-19)9-7-15(8-10-18)17(2,3)4/h5-6,11,15-16,21H,7-10,12,19H2,1-4H3. The first-order valence-electron chi connectivity index (χ1n) is 8.09. The molecule has 1 atom stereocenters. The number of pyridine rings is 1. The Kier molecular flexibility index (Phi) is 4.74. The van der Waals surface area contributed by atoms with E-state index in [1.54, 1.807) is 6.20 Å². The second kappa shape index (κ2) is 6.05. The van der Waals surface area contributed by atoms with Crippen LogP contribution in [0.1, 0.15) is 63.8 Å².